The lowest BCUT2D eigenvalue weighted by molar-refractivity contribution is 0.263. The summed E-state index contributed by atoms with van der Waals surface area (Å²) in [5, 5.41) is 8.94. The normalized spacial score (nSPS) is 13.4. The lowest BCUT2D eigenvalue weighted by Crippen LogP contribution is -1.93. The van der Waals surface area contributed by atoms with Crippen LogP contribution in [0, 0.1) is 0 Å². The average molecular weight is 382 g/mol. The van der Waals surface area contributed by atoms with Gasteiger partial charge in [0.2, 0.25) is 0 Å². The molecule has 0 aromatic carbocycles. The van der Waals surface area contributed by atoms with Crippen LogP contribution in [0.5, 0.6) is 0 Å². The second-order valence-corrected chi connectivity index (χ2v) is 5.20. The molecule has 0 heterocycles. The lowest BCUT2D eigenvalue weighted by atomic mass is 10.1. The Morgan fingerprint density at radius 2 is 1.55 bits per heavy atom. The van der Waals surface area contributed by atoms with Crippen LogP contribution in [0.25, 0.3) is 0 Å². The van der Waals surface area contributed by atoms with Crippen molar-refractivity contribution in [2.24, 2.45) is 0 Å². The fourth-order valence-corrected chi connectivity index (χ4v) is 1.92. The minimum atomic E-state index is -0.128. The molecule has 0 saturated carbocycles. The smallest absolute Gasteiger partial charge is 0.105 e. The highest BCUT2D eigenvalue weighted by atomic mass is 127. The summed E-state index contributed by atoms with van der Waals surface area (Å²) in [6, 6.07) is 0. The number of alkyl halides is 2. The van der Waals surface area contributed by atoms with Gasteiger partial charge in [0.15, 0.2) is 0 Å². The van der Waals surface area contributed by atoms with Gasteiger partial charge in [0, 0.05) is 0 Å². The Hall–Kier alpha value is 1.42. The van der Waals surface area contributed by atoms with Crippen LogP contribution in [-0.4, -0.2) is 13.6 Å². The van der Waals surface area contributed by atoms with Gasteiger partial charge in [-0.1, -0.05) is 70.9 Å². The van der Waals surface area contributed by atoms with E-state index >= 15 is 0 Å². The third kappa shape index (κ3) is 11.4. The van der Waals surface area contributed by atoms with E-state index in [2.05, 4.69) is 45.2 Å². The number of hydrogen-bond acceptors (Lipinski definition) is 1. The molecule has 0 fully saturated rings. The maximum absolute atomic E-state index is 8.94. The van der Waals surface area contributed by atoms with E-state index in [1.807, 2.05) is 0 Å². The summed E-state index contributed by atoms with van der Waals surface area (Å²) in [5.41, 5.74) is 0. The third-order valence-corrected chi connectivity index (χ3v) is 2.96. The molecule has 0 saturated heterocycles. The number of unbranched alkanes of at least 4 members (excludes halogenated alkanes) is 4. The van der Waals surface area contributed by atoms with Gasteiger partial charge in [-0.15, -0.1) is 0 Å². The van der Waals surface area contributed by atoms with Crippen molar-refractivity contribution in [1.29, 1.82) is 0 Å². The van der Waals surface area contributed by atoms with Crippen LogP contribution in [-0.2, 0) is 0 Å². The van der Waals surface area contributed by atoms with Crippen LogP contribution in [0.1, 0.15) is 38.5 Å². The number of aliphatic hydroxyl groups excluding tert-OH is 1. The zero-order valence-electron chi connectivity index (χ0n) is 6.73. The van der Waals surface area contributed by atoms with Crippen LogP contribution in [0.2, 0.25) is 0 Å². The second kappa shape index (κ2) is 9.51. The molecule has 1 nitrogen and oxygen atoms in total. The Labute approximate surface area is 96.6 Å². The van der Waals surface area contributed by atoms with E-state index in [0.29, 0.717) is 0 Å². The number of hydrogen-bond donors (Lipinski definition) is 1. The van der Waals surface area contributed by atoms with Gasteiger partial charge in [-0.05, 0) is 17.3 Å². The molecule has 11 heavy (non-hydrogen) atoms. The van der Waals surface area contributed by atoms with Gasteiger partial charge in [0.1, 0.15) is 4.11 Å². The van der Waals surface area contributed by atoms with Gasteiger partial charge >= 0.3 is 0 Å². The molecular formula is C8H16I2O. The first-order valence-electron chi connectivity index (χ1n) is 4.15. The molecule has 0 bridgehead atoms. The maximum Gasteiger partial charge on any atom is 0.105 e. The Morgan fingerprint density at radius 3 is 2.09 bits per heavy atom. The number of rotatable bonds is 7. The first-order chi connectivity index (χ1) is 5.27. The molecule has 0 aliphatic heterocycles. The first kappa shape index (κ1) is 12.4. The molecule has 0 rings (SSSR count). The zero-order chi connectivity index (χ0) is 8.53. The SMILES string of the molecule is OC(I)CCCCCCCI. The zero-order valence-corrected chi connectivity index (χ0v) is 11.0. The summed E-state index contributed by atoms with van der Waals surface area (Å²) in [5.74, 6) is 0. The van der Waals surface area contributed by atoms with E-state index in [4.69, 9.17) is 5.11 Å². The molecule has 1 unspecified atom stereocenters. The predicted octanol–water partition coefficient (Wildman–Crippen LogP) is 3.52. The van der Waals surface area contributed by atoms with Crippen molar-refractivity contribution in [3.05, 3.63) is 0 Å². The van der Waals surface area contributed by atoms with Gasteiger partial charge in [0.25, 0.3) is 0 Å². The van der Waals surface area contributed by atoms with Crippen molar-refractivity contribution in [2.75, 3.05) is 4.43 Å². The van der Waals surface area contributed by atoms with Gasteiger partial charge < -0.3 is 5.11 Å². The quantitative estimate of drug-likeness (QED) is 0.406. The largest absolute Gasteiger partial charge is 0.383 e. The van der Waals surface area contributed by atoms with Gasteiger partial charge in [-0.2, -0.15) is 0 Å². The third-order valence-electron chi connectivity index (χ3n) is 1.58. The summed E-state index contributed by atoms with van der Waals surface area (Å²) < 4.78 is 1.16. The highest BCUT2D eigenvalue weighted by Crippen LogP contribution is 2.10. The molecule has 0 aromatic heterocycles. The maximum atomic E-state index is 8.94. The molecule has 0 spiro atoms. The molecule has 1 atom stereocenters. The molecule has 0 aliphatic rings. The Balaban J connectivity index is 2.80. The van der Waals surface area contributed by atoms with Crippen LogP contribution < -0.4 is 0 Å². The molecule has 0 aromatic rings. The van der Waals surface area contributed by atoms with E-state index in [1.165, 1.54) is 36.5 Å². The average Bonchev–Trinajstić information content (AvgIpc) is 1.96. The summed E-state index contributed by atoms with van der Waals surface area (Å²) >= 11 is 4.48. The lowest BCUT2D eigenvalue weighted by Gasteiger charge is -2.01. The Morgan fingerprint density at radius 1 is 1.00 bits per heavy atom. The topological polar surface area (TPSA) is 20.2 Å². The number of halogens is 2. The summed E-state index contributed by atoms with van der Waals surface area (Å²) in [6.07, 6.45) is 7.49. The molecule has 1 N–H and O–H groups in total. The first-order valence-corrected chi connectivity index (χ1v) is 6.92. The van der Waals surface area contributed by atoms with Crippen molar-refractivity contribution in [3.63, 3.8) is 0 Å². The van der Waals surface area contributed by atoms with Crippen molar-refractivity contribution in [1.82, 2.24) is 0 Å². The van der Waals surface area contributed by atoms with E-state index < -0.39 is 0 Å². The highest BCUT2D eigenvalue weighted by molar-refractivity contribution is 14.1. The fraction of sp³-hybridized carbons (Fsp3) is 1.00. The van der Waals surface area contributed by atoms with Crippen LogP contribution >= 0.6 is 45.2 Å². The van der Waals surface area contributed by atoms with E-state index in [0.717, 1.165) is 6.42 Å². The van der Waals surface area contributed by atoms with E-state index in [1.54, 1.807) is 0 Å². The predicted molar refractivity (Wildman–Crippen MR) is 66.6 cm³/mol. The monoisotopic (exact) mass is 382 g/mol. The molecule has 68 valence electrons. The molecule has 3 heteroatoms. The minimum Gasteiger partial charge on any atom is -0.383 e. The summed E-state index contributed by atoms with van der Waals surface area (Å²) in [6.45, 7) is 0. The van der Waals surface area contributed by atoms with Crippen molar-refractivity contribution in [3.8, 4) is 0 Å². The van der Waals surface area contributed by atoms with Crippen molar-refractivity contribution >= 4 is 45.2 Å². The molecule has 0 amide bonds. The van der Waals surface area contributed by atoms with Crippen molar-refractivity contribution < 1.29 is 5.11 Å². The van der Waals surface area contributed by atoms with Gasteiger partial charge in [-0.3, -0.25) is 0 Å². The van der Waals surface area contributed by atoms with Gasteiger partial charge in [0.05, 0.1) is 0 Å². The standard InChI is InChI=1S/C8H16I2O/c9-7-5-3-1-2-4-6-8(10)11/h8,11H,1-7H2. The van der Waals surface area contributed by atoms with Crippen LogP contribution in [0.3, 0.4) is 0 Å². The highest BCUT2D eigenvalue weighted by Gasteiger charge is 1.96. The number of aliphatic hydroxyl groups is 1. The minimum absolute atomic E-state index is 0.128. The summed E-state index contributed by atoms with van der Waals surface area (Å²) in [4.78, 5) is 0. The summed E-state index contributed by atoms with van der Waals surface area (Å²) in [7, 11) is 0. The van der Waals surface area contributed by atoms with E-state index in [-0.39, 0.29) is 4.11 Å². The molecule has 0 aliphatic carbocycles. The van der Waals surface area contributed by atoms with Crippen LogP contribution in [0.15, 0.2) is 0 Å². The van der Waals surface area contributed by atoms with Gasteiger partial charge in [-0.25, -0.2) is 0 Å². The molecular weight excluding hydrogens is 366 g/mol. The Kier molecular flexibility index (Phi) is 10.7. The van der Waals surface area contributed by atoms with Crippen molar-refractivity contribution in [2.45, 2.75) is 42.6 Å². The van der Waals surface area contributed by atoms with Crippen LogP contribution in [0.4, 0.5) is 0 Å². The Bertz CT molecular complexity index is 76.5. The van der Waals surface area contributed by atoms with E-state index in [9.17, 15) is 0 Å². The second-order valence-electron chi connectivity index (χ2n) is 2.68. The molecule has 0 radical (unpaired) electrons. The fourth-order valence-electron chi connectivity index (χ4n) is 0.938.